The molecule has 2 aromatic rings. The molecule has 1 aromatic heterocycles. The molecule has 0 atom stereocenters. The highest BCUT2D eigenvalue weighted by atomic mass is 32.1. The van der Waals surface area contributed by atoms with Gasteiger partial charge in [0.2, 0.25) is 0 Å². The minimum Gasteiger partial charge on any atom is -0.312 e. The molecule has 0 spiro atoms. The second-order valence-electron chi connectivity index (χ2n) is 5.12. The molecule has 0 aliphatic carbocycles. The number of nitrogens with one attached hydrogen (secondary N) is 1. The van der Waals surface area contributed by atoms with Gasteiger partial charge in [-0.15, -0.1) is 11.3 Å². The maximum absolute atomic E-state index is 4.85. The first-order valence-corrected chi connectivity index (χ1v) is 7.77. The van der Waals surface area contributed by atoms with Crippen molar-refractivity contribution in [3.8, 4) is 11.3 Å². The fourth-order valence-corrected chi connectivity index (χ4v) is 3.29. The van der Waals surface area contributed by atoms with Crippen LogP contribution in [0, 0.1) is 5.92 Å². The van der Waals surface area contributed by atoms with Crippen molar-refractivity contribution in [3.05, 3.63) is 40.2 Å². The maximum Gasteiger partial charge on any atom is 0.0938 e. The van der Waals surface area contributed by atoms with E-state index in [1.165, 1.54) is 15.4 Å². The Morgan fingerprint density at radius 1 is 1.21 bits per heavy atom. The van der Waals surface area contributed by atoms with Crippen LogP contribution in [0.4, 0.5) is 0 Å². The number of aromatic nitrogens is 1. The highest BCUT2D eigenvalue weighted by molar-refractivity contribution is 7.12. The molecule has 2 rings (SSSR count). The molecule has 1 N–H and O–H groups in total. The summed E-state index contributed by atoms with van der Waals surface area (Å²) in [5, 5.41) is 4.66. The number of rotatable bonds is 6. The number of benzene rings is 1. The van der Waals surface area contributed by atoms with E-state index in [-0.39, 0.29) is 0 Å². The number of hydrogen-bond donors (Lipinski definition) is 1. The normalized spacial score (nSPS) is 11.2. The predicted molar refractivity (Wildman–Crippen MR) is 83.5 cm³/mol. The van der Waals surface area contributed by atoms with Gasteiger partial charge in [-0.1, -0.05) is 51.1 Å². The van der Waals surface area contributed by atoms with Gasteiger partial charge in [-0.2, -0.15) is 0 Å². The van der Waals surface area contributed by atoms with Crippen LogP contribution in [0.2, 0.25) is 0 Å². The summed E-state index contributed by atoms with van der Waals surface area (Å²) in [6.07, 6.45) is 1.07. The summed E-state index contributed by atoms with van der Waals surface area (Å²) in [4.78, 5) is 6.20. The minimum absolute atomic E-state index is 0.654. The van der Waals surface area contributed by atoms with Gasteiger partial charge in [0.1, 0.15) is 0 Å². The van der Waals surface area contributed by atoms with Crippen LogP contribution in [0.3, 0.4) is 0 Å². The van der Waals surface area contributed by atoms with Crippen molar-refractivity contribution in [2.45, 2.75) is 33.7 Å². The van der Waals surface area contributed by atoms with Crippen LogP contribution in [-0.4, -0.2) is 11.5 Å². The van der Waals surface area contributed by atoms with Gasteiger partial charge in [-0.25, -0.2) is 4.98 Å². The topological polar surface area (TPSA) is 24.9 Å². The standard InChI is InChI=1S/C16H22N2S/c1-4-17-11-14-16(13-8-6-5-7-9-13)18-15(19-14)10-12(2)3/h5-9,12,17H,4,10-11H2,1-3H3. The summed E-state index contributed by atoms with van der Waals surface area (Å²) in [5.74, 6) is 0.654. The van der Waals surface area contributed by atoms with Crippen LogP contribution in [0.15, 0.2) is 30.3 Å². The van der Waals surface area contributed by atoms with Gasteiger partial charge in [-0.05, 0) is 12.5 Å². The molecule has 0 aliphatic heterocycles. The summed E-state index contributed by atoms with van der Waals surface area (Å²) < 4.78 is 0. The van der Waals surface area contributed by atoms with E-state index in [0.29, 0.717) is 5.92 Å². The molecule has 1 heterocycles. The van der Waals surface area contributed by atoms with Gasteiger partial charge < -0.3 is 5.32 Å². The molecule has 19 heavy (non-hydrogen) atoms. The second-order valence-corrected chi connectivity index (χ2v) is 6.29. The maximum atomic E-state index is 4.85. The van der Waals surface area contributed by atoms with Gasteiger partial charge in [0, 0.05) is 23.4 Å². The lowest BCUT2D eigenvalue weighted by Gasteiger charge is -2.02. The van der Waals surface area contributed by atoms with Crippen molar-refractivity contribution in [2.24, 2.45) is 5.92 Å². The SMILES string of the molecule is CCNCc1sc(CC(C)C)nc1-c1ccccc1. The van der Waals surface area contributed by atoms with Crippen LogP contribution in [0.1, 0.15) is 30.7 Å². The second kappa shape index (κ2) is 6.83. The summed E-state index contributed by atoms with van der Waals surface area (Å²) in [6.45, 7) is 8.53. The Kier molecular flexibility index (Phi) is 5.11. The molecule has 0 amide bonds. The molecule has 2 nitrogen and oxygen atoms in total. The first kappa shape index (κ1) is 14.2. The third-order valence-corrected chi connectivity index (χ3v) is 3.98. The summed E-state index contributed by atoms with van der Waals surface area (Å²) >= 11 is 1.85. The zero-order chi connectivity index (χ0) is 13.7. The van der Waals surface area contributed by atoms with Crippen LogP contribution in [0.25, 0.3) is 11.3 Å². The molecule has 3 heteroatoms. The summed E-state index contributed by atoms with van der Waals surface area (Å²) in [5.41, 5.74) is 2.38. The average molecular weight is 274 g/mol. The van der Waals surface area contributed by atoms with E-state index in [1.54, 1.807) is 0 Å². The van der Waals surface area contributed by atoms with E-state index in [0.717, 1.165) is 25.2 Å². The first-order chi connectivity index (χ1) is 9.20. The zero-order valence-electron chi connectivity index (χ0n) is 11.9. The van der Waals surface area contributed by atoms with Gasteiger partial charge >= 0.3 is 0 Å². The molecule has 0 aliphatic rings. The highest BCUT2D eigenvalue weighted by Crippen LogP contribution is 2.29. The molecular weight excluding hydrogens is 252 g/mol. The molecule has 102 valence electrons. The quantitative estimate of drug-likeness (QED) is 0.857. The number of hydrogen-bond acceptors (Lipinski definition) is 3. The summed E-state index contributed by atoms with van der Waals surface area (Å²) in [6, 6.07) is 10.5. The largest absolute Gasteiger partial charge is 0.312 e. The third-order valence-electron chi connectivity index (χ3n) is 2.91. The molecule has 0 saturated heterocycles. The van der Waals surface area contributed by atoms with Crippen molar-refractivity contribution in [1.29, 1.82) is 0 Å². The number of thiazole rings is 1. The Balaban J connectivity index is 2.31. The van der Waals surface area contributed by atoms with Crippen LogP contribution in [-0.2, 0) is 13.0 Å². The van der Waals surface area contributed by atoms with E-state index in [4.69, 9.17) is 4.98 Å². The third kappa shape index (κ3) is 3.88. The van der Waals surface area contributed by atoms with Gasteiger partial charge in [0.25, 0.3) is 0 Å². The lowest BCUT2D eigenvalue weighted by atomic mass is 10.1. The smallest absolute Gasteiger partial charge is 0.0938 e. The monoisotopic (exact) mass is 274 g/mol. The highest BCUT2D eigenvalue weighted by Gasteiger charge is 2.13. The fraction of sp³-hybridized carbons (Fsp3) is 0.438. The molecule has 0 fully saturated rings. The lowest BCUT2D eigenvalue weighted by Crippen LogP contribution is -2.11. The first-order valence-electron chi connectivity index (χ1n) is 6.95. The van der Waals surface area contributed by atoms with Crippen LogP contribution >= 0.6 is 11.3 Å². The zero-order valence-corrected chi connectivity index (χ0v) is 12.8. The lowest BCUT2D eigenvalue weighted by molar-refractivity contribution is 0.645. The van der Waals surface area contributed by atoms with Gasteiger partial charge in [0.15, 0.2) is 0 Å². The van der Waals surface area contributed by atoms with E-state index in [2.05, 4.69) is 56.4 Å². The Morgan fingerprint density at radius 2 is 1.95 bits per heavy atom. The molecule has 0 saturated carbocycles. The van der Waals surface area contributed by atoms with Gasteiger partial charge in [0.05, 0.1) is 10.7 Å². The summed E-state index contributed by atoms with van der Waals surface area (Å²) in [7, 11) is 0. The Bertz CT molecular complexity index is 503. The van der Waals surface area contributed by atoms with E-state index >= 15 is 0 Å². The average Bonchev–Trinajstić information content (AvgIpc) is 2.79. The van der Waals surface area contributed by atoms with Crippen molar-refractivity contribution in [3.63, 3.8) is 0 Å². The minimum atomic E-state index is 0.654. The van der Waals surface area contributed by atoms with Gasteiger partial charge in [-0.3, -0.25) is 0 Å². The Morgan fingerprint density at radius 3 is 2.58 bits per heavy atom. The molecule has 1 aromatic carbocycles. The van der Waals surface area contributed by atoms with Crippen LogP contribution < -0.4 is 5.32 Å². The molecule has 0 radical (unpaired) electrons. The van der Waals surface area contributed by atoms with Crippen molar-refractivity contribution < 1.29 is 0 Å². The molecule has 0 bridgehead atoms. The Labute approximate surface area is 119 Å². The van der Waals surface area contributed by atoms with E-state index < -0.39 is 0 Å². The predicted octanol–water partition coefficient (Wildman–Crippen LogP) is 4.12. The number of nitrogens with zero attached hydrogens (tertiary/aromatic N) is 1. The van der Waals surface area contributed by atoms with E-state index in [9.17, 15) is 0 Å². The Hall–Kier alpha value is -1.19. The molecular formula is C16H22N2S. The molecule has 0 unspecified atom stereocenters. The van der Waals surface area contributed by atoms with Crippen LogP contribution in [0.5, 0.6) is 0 Å². The van der Waals surface area contributed by atoms with Crippen molar-refractivity contribution in [1.82, 2.24) is 10.3 Å². The van der Waals surface area contributed by atoms with E-state index in [1.807, 2.05) is 11.3 Å². The van der Waals surface area contributed by atoms with Crippen molar-refractivity contribution in [2.75, 3.05) is 6.54 Å². The fourth-order valence-electron chi connectivity index (χ4n) is 2.02. The van der Waals surface area contributed by atoms with Crippen molar-refractivity contribution >= 4 is 11.3 Å².